The van der Waals surface area contributed by atoms with Gasteiger partial charge in [-0.1, -0.05) is 237 Å². The molecule has 0 atom stereocenters. The highest BCUT2D eigenvalue weighted by Crippen LogP contribution is 2.63. The average molecular weight is 899 g/mol. The molecular weight excluding hydrogens is 857 g/mol. The van der Waals surface area contributed by atoms with E-state index in [1.807, 2.05) is 6.07 Å². The van der Waals surface area contributed by atoms with Crippen LogP contribution in [0.15, 0.2) is 255 Å². The van der Waals surface area contributed by atoms with E-state index in [1.165, 1.54) is 104 Å². The van der Waals surface area contributed by atoms with Crippen LogP contribution in [0.4, 0.5) is 0 Å². The van der Waals surface area contributed by atoms with Crippen LogP contribution in [-0.2, 0) is 5.41 Å². The molecule has 0 saturated heterocycles. The van der Waals surface area contributed by atoms with Crippen molar-refractivity contribution in [3.63, 3.8) is 0 Å². The molecule has 0 N–H and O–H groups in total. The number of rotatable bonds is 5. The van der Waals surface area contributed by atoms with Gasteiger partial charge in [-0.2, -0.15) is 0 Å². The molecule has 12 aromatic carbocycles. The molecular formula is C69H42N2. The van der Waals surface area contributed by atoms with Crippen molar-refractivity contribution >= 4 is 43.1 Å². The van der Waals surface area contributed by atoms with Gasteiger partial charge in [0.1, 0.15) is 0 Å². The second-order valence-corrected chi connectivity index (χ2v) is 19.1. The summed E-state index contributed by atoms with van der Waals surface area (Å²) < 4.78 is 0. The molecule has 0 aliphatic heterocycles. The maximum atomic E-state index is 5.37. The zero-order chi connectivity index (χ0) is 46.6. The molecule has 13 aromatic rings. The SMILES string of the molecule is c1ccc(-c2nc(-c3ccc4c(c3)-c3ccccc3C43c4ccccc4-c4ccccc43)cc(-c3ccc(-c4ccc(-c5c6ccccc6cc6c5ccc5ccccc56)cc4)c4ccccc34)n2)cc1. The lowest BCUT2D eigenvalue weighted by Crippen LogP contribution is -2.25. The van der Waals surface area contributed by atoms with Crippen LogP contribution in [0.5, 0.6) is 0 Å². The Hall–Kier alpha value is -9.24. The number of fused-ring (bicyclic) bond motifs is 15. The number of benzene rings is 12. The average Bonchev–Trinajstić information content (AvgIpc) is 3.92. The van der Waals surface area contributed by atoms with E-state index >= 15 is 0 Å². The lowest BCUT2D eigenvalue weighted by atomic mass is 9.70. The summed E-state index contributed by atoms with van der Waals surface area (Å²) in [5.41, 5.74) is 19.8. The Morgan fingerprint density at radius 2 is 0.761 bits per heavy atom. The Bertz CT molecular complexity index is 4290. The third-order valence-corrected chi connectivity index (χ3v) is 15.5. The number of aromatic nitrogens is 2. The molecule has 71 heavy (non-hydrogen) atoms. The van der Waals surface area contributed by atoms with Gasteiger partial charge in [0.05, 0.1) is 16.8 Å². The normalized spacial score (nSPS) is 12.9. The number of nitrogens with zero attached hydrogens (tertiary/aromatic N) is 2. The first kappa shape index (κ1) is 39.7. The van der Waals surface area contributed by atoms with Crippen LogP contribution in [0, 0.1) is 0 Å². The van der Waals surface area contributed by atoms with Gasteiger partial charge in [0.15, 0.2) is 5.82 Å². The first-order valence-corrected chi connectivity index (χ1v) is 24.6. The van der Waals surface area contributed by atoms with Crippen molar-refractivity contribution in [2.45, 2.75) is 5.41 Å². The van der Waals surface area contributed by atoms with Crippen LogP contribution in [0.1, 0.15) is 22.3 Å². The fourth-order valence-corrected chi connectivity index (χ4v) is 12.4. The van der Waals surface area contributed by atoms with Crippen LogP contribution in [0.3, 0.4) is 0 Å². The summed E-state index contributed by atoms with van der Waals surface area (Å²) in [5.74, 6) is 0.701. The molecule has 2 nitrogen and oxygen atoms in total. The van der Waals surface area contributed by atoms with Gasteiger partial charge < -0.3 is 0 Å². The summed E-state index contributed by atoms with van der Waals surface area (Å²) in [6, 6.07) is 93.5. The summed E-state index contributed by atoms with van der Waals surface area (Å²) in [5, 5.41) is 9.91. The highest BCUT2D eigenvalue weighted by atomic mass is 14.9. The fourth-order valence-electron chi connectivity index (χ4n) is 12.4. The predicted molar refractivity (Wildman–Crippen MR) is 296 cm³/mol. The van der Waals surface area contributed by atoms with E-state index in [0.717, 1.165) is 33.5 Å². The Balaban J connectivity index is 0.866. The first-order chi connectivity index (χ1) is 35.2. The van der Waals surface area contributed by atoms with Crippen molar-refractivity contribution in [2.24, 2.45) is 0 Å². The maximum absolute atomic E-state index is 5.37. The largest absolute Gasteiger partial charge is 0.228 e. The van der Waals surface area contributed by atoms with Crippen molar-refractivity contribution in [3.05, 3.63) is 277 Å². The van der Waals surface area contributed by atoms with Gasteiger partial charge in [-0.3, -0.25) is 0 Å². The Kier molecular flexibility index (Phi) is 8.61. The lowest BCUT2D eigenvalue weighted by molar-refractivity contribution is 0.794. The van der Waals surface area contributed by atoms with E-state index in [0.29, 0.717) is 5.82 Å². The van der Waals surface area contributed by atoms with Crippen molar-refractivity contribution in [2.75, 3.05) is 0 Å². The highest BCUT2D eigenvalue weighted by molar-refractivity contribution is 6.20. The molecule has 2 aliphatic carbocycles. The minimum Gasteiger partial charge on any atom is -0.228 e. The minimum atomic E-state index is -0.399. The zero-order valence-corrected chi connectivity index (χ0v) is 38.6. The minimum absolute atomic E-state index is 0.399. The second kappa shape index (κ2) is 15.4. The van der Waals surface area contributed by atoms with E-state index in [-0.39, 0.29) is 0 Å². The highest BCUT2D eigenvalue weighted by Gasteiger charge is 2.51. The third kappa shape index (κ3) is 5.83. The summed E-state index contributed by atoms with van der Waals surface area (Å²) in [4.78, 5) is 10.7. The Labute approximate surface area is 411 Å². The summed E-state index contributed by atoms with van der Waals surface area (Å²) in [7, 11) is 0. The molecule has 0 amide bonds. The molecule has 15 rings (SSSR count). The molecule has 0 bridgehead atoms. The van der Waals surface area contributed by atoms with Gasteiger partial charge in [0.2, 0.25) is 0 Å². The molecule has 1 aromatic heterocycles. The van der Waals surface area contributed by atoms with Crippen molar-refractivity contribution < 1.29 is 0 Å². The van der Waals surface area contributed by atoms with Gasteiger partial charge in [0.25, 0.3) is 0 Å². The van der Waals surface area contributed by atoms with Gasteiger partial charge >= 0.3 is 0 Å². The van der Waals surface area contributed by atoms with E-state index < -0.39 is 5.41 Å². The number of hydrogen-bond acceptors (Lipinski definition) is 2. The molecule has 0 unspecified atom stereocenters. The molecule has 0 fully saturated rings. The summed E-state index contributed by atoms with van der Waals surface area (Å²) >= 11 is 0. The van der Waals surface area contributed by atoms with E-state index in [1.54, 1.807) is 0 Å². The molecule has 0 radical (unpaired) electrons. The molecule has 2 aliphatic rings. The van der Waals surface area contributed by atoms with Gasteiger partial charge in [-0.15, -0.1) is 0 Å². The zero-order valence-electron chi connectivity index (χ0n) is 38.6. The van der Waals surface area contributed by atoms with Crippen LogP contribution >= 0.6 is 0 Å². The maximum Gasteiger partial charge on any atom is 0.160 e. The summed E-state index contributed by atoms with van der Waals surface area (Å²) in [6.45, 7) is 0. The fraction of sp³-hybridized carbons (Fsp3) is 0.0145. The quantitative estimate of drug-likeness (QED) is 0.127. The van der Waals surface area contributed by atoms with Crippen molar-refractivity contribution in [1.29, 1.82) is 0 Å². The molecule has 1 heterocycles. The molecule has 328 valence electrons. The monoisotopic (exact) mass is 898 g/mol. The van der Waals surface area contributed by atoms with Crippen LogP contribution < -0.4 is 0 Å². The lowest BCUT2D eigenvalue weighted by Gasteiger charge is -2.30. The Morgan fingerprint density at radius 3 is 1.48 bits per heavy atom. The first-order valence-electron chi connectivity index (χ1n) is 24.6. The van der Waals surface area contributed by atoms with Gasteiger partial charge in [-0.05, 0) is 128 Å². The van der Waals surface area contributed by atoms with Crippen molar-refractivity contribution in [1.82, 2.24) is 9.97 Å². The van der Waals surface area contributed by atoms with Gasteiger partial charge in [-0.25, -0.2) is 9.97 Å². The predicted octanol–water partition coefficient (Wildman–Crippen LogP) is 17.8. The Morgan fingerprint density at radius 1 is 0.239 bits per heavy atom. The molecule has 1 spiro atoms. The molecule has 2 heteroatoms. The third-order valence-electron chi connectivity index (χ3n) is 15.5. The smallest absolute Gasteiger partial charge is 0.160 e. The van der Waals surface area contributed by atoms with Crippen LogP contribution in [0.25, 0.3) is 122 Å². The van der Waals surface area contributed by atoms with E-state index in [2.05, 4.69) is 249 Å². The van der Waals surface area contributed by atoms with Crippen molar-refractivity contribution in [3.8, 4) is 78.4 Å². The molecule has 0 saturated carbocycles. The van der Waals surface area contributed by atoms with Crippen LogP contribution in [-0.4, -0.2) is 9.97 Å². The number of hydrogen-bond donors (Lipinski definition) is 0. The van der Waals surface area contributed by atoms with E-state index in [4.69, 9.17) is 9.97 Å². The summed E-state index contributed by atoms with van der Waals surface area (Å²) in [6.07, 6.45) is 0. The van der Waals surface area contributed by atoms with E-state index in [9.17, 15) is 0 Å². The van der Waals surface area contributed by atoms with Crippen LogP contribution in [0.2, 0.25) is 0 Å². The standard InChI is InChI=1S/C69H42N2/c1-2-17-46(18-3-1)68-70-65(48-35-39-64-60(41-48)56-26-12-15-29-63(56)69(64)61-27-13-10-24-54(61)55-25-11-14-28-62(55)69)42-66(71-68)57-38-37-50(52-22-8-9-23-53(52)57)44-30-32-45(33-31-44)67-51-21-7-5-19-47(51)40-59-49-20-6-4-16-43(49)34-36-58(59)67/h1-42H. The van der Waals surface area contributed by atoms with Gasteiger partial charge in [0, 0.05) is 16.7 Å². The second-order valence-electron chi connectivity index (χ2n) is 19.1. The topological polar surface area (TPSA) is 25.8 Å².